The van der Waals surface area contributed by atoms with E-state index in [9.17, 15) is 0 Å². The molecule has 1 radical (unpaired) electrons. The molecule has 0 saturated carbocycles. The Bertz CT molecular complexity index is 647. The predicted octanol–water partition coefficient (Wildman–Crippen LogP) is 2.12. The minimum atomic E-state index is 0. The van der Waals surface area contributed by atoms with Crippen LogP contribution in [0.15, 0.2) is 84.9 Å². The number of fused-ring (bicyclic) bond motifs is 2. The maximum absolute atomic E-state index is 7.57. The van der Waals surface area contributed by atoms with Gasteiger partial charge in [0.05, 0.1) is 0 Å². The molecule has 0 aliphatic heterocycles. The summed E-state index contributed by atoms with van der Waals surface area (Å²) in [5.74, 6) is 0. The number of aliphatic hydroxyl groups is 1. The van der Waals surface area contributed by atoms with Crippen molar-refractivity contribution in [1.82, 2.24) is 0 Å². The van der Waals surface area contributed by atoms with Crippen LogP contribution in [0.1, 0.15) is 6.92 Å². The van der Waals surface area contributed by atoms with Crippen LogP contribution >= 0.6 is 0 Å². The molecule has 4 aromatic rings. The van der Waals surface area contributed by atoms with Gasteiger partial charge in [-0.05, 0) is 6.92 Å². The third-order valence-corrected chi connectivity index (χ3v) is 3.10. The molecular weight excluding hydrogens is 383 g/mol. The van der Waals surface area contributed by atoms with Crippen LogP contribution in [0, 0.1) is 0 Å². The van der Waals surface area contributed by atoms with Crippen molar-refractivity contribution in [3.05, 3.63) is 84.9 Å². The van der Waals surface area contributed by atoms with Gasteiger partial charge in [0.1, 0.15) is 0 Å². The first-order chi connectivity index (χ1) is 10.3. The third-order valence-electron chi connectivity index (χ3n) is 3.10. The van der Waals surface area contributed by atoms with E-state index in [0.717, 1.165) is 0 Å². The zero-order valence-electron chi connectivity index (χ0n) is 13.1. The summed E-state index contributed by atoms with van der Waals surface area (Å²) in [5.41, 5.74) is 0. The molecule has 0 aromatic heterocycles. The maximum atomic E-state index is 7.57. The number of benzene rings is 2. The Balaban J connectivity index is 0.000000336. The Hall–Kier alpha value is -1.21. The van der Waals surface area contributed by atoms with Crippen LogP contribution in [0.3, 0.4) is 0 Å². The van der Waals surface area contributed by atoms with Crippen LogP contribution in [0.4, 0.5) is 0 Å². The van der Waals surface area contributed by atoms with Gasteiger partial charge in [0.25, 0.3) is 0 Å². The second-order valence-electron chi connectivity index (χ2n) is 4.63. The van der Waals surface area contributed by atoms with Crippen LogP contribution in [-0.2, 0) is 26.2 Å². The molecule has 4 aromatic carbocycles. The molecule has 1 nitrogen and oxygen atoms in total. The van der Waals surface area contributed by atoms with Gasteiger partial charge in [-0.3, -0.25) is 0 Å². The molecule has 0 aliphatic rings. The minimum absolute atomic E-state index is 0. The minimum Gasteiger partial charge on any atom is -1.00 e. The van der Waals surface area contributed by atoms with E-state index in [4.69, 9.17) is 5.11 Å². The average Bonchev–Trinajstić information content (AvgIpc) is 3.17. The van der Waals surface area contributed by atoms with E-state index in [2.05, 4.69) is 84.9 Å². The van der Waals surface area contributed by atoms with Gasteiger partial charge < -0.3 is 17.5 Å². The first-order valence-electron chi connectivity index (χ1n) is 7.17. The number of aliphatic hydroxyl groups excluding tert-OH is 1. The molecule has 0 amide bonds. The van der Waals surface area contributed by atoms with Gasteiger partial charge in [0.15, 0.2) is 0 Å². The summed E-state index contributed by atoms with van der Waals surface area (Å²) in [5, 5.41) is 12.9. The first kappa shape index (κ1) is 21.8. The molecule has 0 bridgehead atoms. The zero-order valence-corrected chi connectivity index (χ0v) is 16.3. The summed E-state index contributed by atoms with van der Waals surface area (Å²) in [7, 11) is 0. The second kappa shape index (κ2) is 12.2. The molecule has 0 saturated heterocycles. The van der Waals surface area contributed by atoms with E-state index in [0.29, 0.717) is 0 Å². The molecule has 117 valence electrons. The van der Waals surface area contributed by atoms with Crippen molar-refractivity contribution in [3.63, 3.8) is 0 Å². The van der Waals surface area contributed by atoms with Crippen LogP contribution < -0.4 is 12.4 Å². The molecule has 0 spiro atoms. The van der Waals surface area contributed by atoms with Gasteiger partial charge in [-0.15, -0.1) is 59.3 Å². The van der Waals surface area contributed by atoms with Crippen molar-refractivity contribution >= 4 is 21.5 Å². The van der Waals surface area contributed by atoms with E-state index in [-0.39, 0.29) is 45.2 Å². The molecular formula is C20H20ClOZr. The quantitative estimate of drug-likeness (QED) is 0.447. The molecule has 4 rings (SSSR count). The Morgan fingerprint density at radius 1 is 0.739 bits per heavy atom. The van der Waals surface area contributed by atoms with Crippen molar-refractivity contribution in [1.29, 1.82) is 0 Å². The Morgan fingerprint density at radius 3 is 1.43 bits per heavy atom. The topological polar surface area (TPSA) is 20.2 Å². The SMILES string of the molecule is CCO.[Cl-].[Zr+3].c1ccc2[cH-]ccc2c1.c1ccc2[cH-]ccc2c1. The maximum Gasteiger partial charge on any atom is 3.00 e. The Morgan fingerprint density at radius 2 is 1.09 bits per heavy atom. The number of hydrogen-bond donors (Lipinski definition) is 1. The molecule has 0 atom stereocenters. The fourth-order valence-corrected chi connectivity index (χ4v) is 2.14. The summed E-state index contributed by atoms with van der Waals surface area (Å²) in [6, 6.07) is 29.3. The summed E-state index contributed by atoms with van der Waals surface area (Å²) in [6.07, 6.45) is 0. The fraction of sp³-hybridized carbons (Fsp3) is 0.100. The van der Waals surface area contributed by atoms with E-state index < -0.39 is 0 Å². The van der Waals surface area contributed by atoms with Gasteiger partial charge >= 0.3 is 26.2 Å². The molecule has 0 heterocycles. The predicted molar refractivity (Wildman–Crippen MR) is 91.8 cm³/mol. The third kappa shape index (κ3) is 6.83. The standard InChI is InChI=1S/2C9H7.C2H6O.ClH.Zr/c2*1-2-5-9-7-3-6-8(9)4-1;1-2-3;;/h2*1-7H;3H,2H2,1H3;1H;/q2*-1;;;+3/p-1. The van der Waals surface area contributed by atoms with E-state index in [1.165, 1.54) is 21.5 Å². The van der Waals surface area contributed by atoms with Crippen LogP contribution in [0.2, 0.25) is 0 Å². The largest absolute Gasteiger partial charge is 3.00 e. The van der Waals surface area contributed by atoms with Crippen molar-refractivity contribution in [2.45, 2.75) is 6.92 Å². The van der Waals surface area contributed by atoms with E-state index in [1.54, 1.807) is 6.92 Å². The van der Waals surface area contributed by atoms with Crippen molar-refractivity contribution in [2.24, 2.45) is 0 Å². The fourth-order valence-electron chi connectivity index (χ4n) is 2.14. The second-order valence-corrected chi connectivity index (χ2v) is 4.63. The van der Waals surface area contributed by atoms with Crippen LogP contribution in [-0.4, -0.2) is 11.7 Å². The first-order valence-corrected chi connectivity index (χ1v) is 7.17. The molecule has 1 N–H and O–H groups in total. The van der Waals surface area contributed by atoms with Crippen LogP contribution in [0.25, 0.3) is 21.5 Å². The van der Waals surface area contributed by atoms with Gasteiger partial charge in [0.2, 0.25) is 0 Å². The molecule has 0 aliphatic carbocycles. The van der Waals surface area contributed by atoms with E-state index >= 15 is 0 Å². The Labute approximate surface area is 163 Å². The van der Waals surface area contributed by atoms with Gasteiger partial charge in [-0.1, -0.05) is 12.1 Å². The smallest absolute Gasteiger partial charge is 1.00 e. The van der Waals surface area contributed by atoms with Gasteiger partial charge in [-0.2, -0.15) is 35.0 Å². The molecule has 0 unspecified atom stereocenters. The van der Waals surface area contributed by atoms with Crippen molar-refractivity contribution in [3.8, 4) is 0 Å². The zero-order chi connectivity index (χ0) is 14.9. The van der Waals surface area contributed by atoms with Crippen LogP contribution in [0.5, 0.6) is 0 Å². The van der Waals surface area contributed by atoms with Crippen molar-refractivity contribution in [2.75, 3.05) is 6.61 Å². The normalized spacial score (nSPS) is 8.78. The number of rotatable bonds is 0. The summed E-state index contributed by atoms with van der Waals surface area (Å²) < 4.78 is 0. The summed E-state index contributed by atoms with van der Waals surface area (Å²) >= 11 is 0. The monoisotopic (exact) mass is 401 g/mol. The summed E-state index contributed by atoms with van der Waals surface area (Å²) in [4.78, 5) is 0. The van der Waals surface area contributed by atoms with Gasteiger partial charge in [0, 0.05) is 6.61 Å². The van der Waals surface area contributed by atoms with E-state index in [1.807, 2.05) is 0 Å². The Kier molecular flexibility index (Phi) is 11.6. The molecule has 23 heavy (non-hydrogen) atoms. The average molecular weight is 403 g/mol. The summed E-state index contributed by atoms with van der Waals surface area (Å²) in [6.45, 7) is 1.93. The van der Waals surface area contributed by atoms with Crippen molar-refractivity contribution < 1.29 is 43.7 Å². The molecule has 0 fully saturated rings. The molecule has 3 heteroatoms. The number of hydrogen-bond acceptors (Lipinski definition) is 1. The number of halogens is 1. The van der Waals surface area contributed by atoms with Gasteiger partial charge in [-0.25, -0.2) is 0 Å².